The minimum absolute atomic E-state index is 0.270. The van der Waals surface area contributed by atoms with E-state index >= 15 is 0 Å². The van der Waals surface area contributed by atoms with Crippen LogP contribution < -0.4 is 5.32 Å². The molecular formula is C18H19N3. The Balaban J connectivity index is 1.87. The summed E-state index contributed by atoms with van der Waals surface area (Å²) in [6.45, 7) is 3.06. The number of hydrogen-bond donors (Lipinski definition) is 1. The van der Waals surface area contributed by atoms with Crippen molar-refractivity contribution < 1.29 is 0 Å². The Labute approximate surface area is 125 Å². The first-order valence-electron chi connectivity index (χ1n) is 7.36. The Morgan fingerprint density at radius 2 is 1.67 bits per heavy atom. The van der Waals surface area contributed by atoms with Gasteiger partial charge in [-0.15, -0.1) is 0 Å². The number of nitrogens with one attached hydrogen (secondary N) is 1. The van der Waals surface area contributed by atoms with Crippen LogP contribution in [0.2, 0.25) is 0 Å². The molecule has 1 aromatic heterocycles. The minimum Gasteiger partial charge on any atom is -0.310 e. The second-order valence-electron chi connectivity index (χ2n) is 5.08. The third kappa shape index (κ3) is 3.26. The molecule has 1 N–H and O–H groups in total. The number of likely N-dealkylation sites (N-methyl/N-ethyl adjacent to an activating group) is 1. The second kappa shape index (κ2) is 6.46. The smallest absolute Gasteiger partial charge is 0.0890 e. The van der Waals surface area contributed by atoms with E-state index in [0.717, 1.165) is 29.7 Å². The molecule has 0 saturated carbocycles. The number of para-hydroxylation sites is 2. The highest BCUT2D eigenvalue weighted by molar-refractivity contribution is 5.73. The molecule has 0 aliphatic carbocycles. The Hall–Kier alpha value is -2.26. The molecule has 0 aliphatic rings. The Morgan fingerprint density at radius 3 is 2.43 bits per heavy atom. The standard InChI is InChI=1S/C18H19N3/c1-2-19-18(14-8-4-3-5-9-14)12-15-13-20-16-10-6-7-11-17(16)21-15/h3-11,13,18-19H,2,12H2,1H3. The van der Waals surface area contributed by atoms with Crippen LogP contribution in [0.3, 0.4) is 0 Å². The fourth-order valence-corrected chi connectivity index (χ4v) is 2.54. The molecule has 2 aromatic carbocycles. The van der Waals surface area contributed by atoms with Crippen molar-refractivity contribution in [2.45, 2.75) is 19.4 Å². The lowest BCUT2D eigenvalue weighted by molar-refractivity contribution is 0.544. The molecule has 0 saturated heterocycles. The maximum atomic E-state index is 4.72. The van der Waals surface area contributed by atoms with Gasteiger partial charge >= 0.3 is 0 Å². The van der Waals surface area contributed by atoms with E-state index in [1.54, 1.807) is 0 Å². The zero-order valence-corrected chi connectivity index (χ0v) is 12.2. The van der Waals surface area contributed by atoms with E-state index in [1.165, 1.54) is 5.56 Å². The van der Waals surface area contributed by atoms with E-state index in [4.69, 9.17) is 4.98 Å². The van der Waals surface area contributed by atoms with Crippen molar-refractivity contribution >= 4 is 11.0 Å². The summed E-state index contributed by atoms with van der Waals surface area (Å²) in [5.41, 5.74) is 4.21. The van der Waals surface area contributed by atoms with Gasteiger partial charge in [-0.05, 0) is 24.2 Å². The van der Waals surface area contributed by atoms with Crippen molar-refractivity contribution in [3.05, 3.63) is 72.1 Å². The molecular weight excluding hydrogens is 258 g/mol. The van der Waals surface area contributed by atoms with Gasteiger partial charge in [0.15, 0.2) is 0 Å². The van der Waals surface area contributed by atoms with Crippen LogP contribution in [0.4, 0.5) is 0 Å². The van der Waals surface area contributed by atoms with Crippen molar-refractivity contribution in [1.82, 2.24) is 15.3 Å². The lowest BCUT2D eigenvalue weighted by Gasteiger charge is -2.18. The molecule has 0 aliphatic heterocycles. The van der Waals surface area contributed by atoms with Crippen LogP contribution in [-0.2, 0) is 6.42 Å². The third-order valence-corrected chi connectivity index (χ3v) is 3.56. The van der Waals surface area contributed by atoms with E-state index in [1.807, 2.05) is 36.5 Å². The molecule has 1 unspecified atom stereocenters. The SMILES string of the molecule is CCNC(Cc1cnc2ccccc2n1)c1ccccc1. The summed E-state index contributed by atoms with van der Waals surface area (Å²) in [4.78, 5) is 9.22. The van der Waals surface area contributed by atoms with Crippen molar-refractivity contribution in [1.29, 1.82) is 0 Å². The summed E-state index contributed by atoms with van der Waals surface area (Å²) in [6.07, 6.45) is 2.73. The highest BCUT2D eigenvalue weighted by Gasteiger charge is 2.12. The first-order chi connectivity index (χ1) is 10.4. The molecule has 3 rings (SSSR count). The molecule has 3 heteroatoms. The van der Waals surface area contributed by atoms with Crippen molar-refractivity contribution in [3.8, 4) is 0 Å². The first kappa shape index (κ1) is 13.7. The third-order valence-electron chi connectivity index (χ3n) is 3.56. The van der Waals surface area contributed by atoms with Gasteiger partial charge in [-0.2, -0.15) is 0 Å². The van der Waals surface area contributed by atoms with Gasteiger partial charge in [0.25, 0.3) is 0 Å². The summed E-state index contributed by atoms with van der Waals surface area (Å²) in [7, 11) is 0. The van der Waals surface area contributed by atoms with Crippen molar-refractivity contribution in [2.24, 2.45) is 0 Å². The topological polar surface area (TPSA) is 37.8 Å². The minimum atomic E-state index is 0.270. The fraction of sp³-hybridized carbons (Fsp3) is 0.222. The molecule has 106 valence electrons. The molecule has 3 nitrogen and oxygen atoms in total. The molecule has 0 radical (unpaired) electrons. The monoisotopic (exact) mass is 277 g/mol. The van der Waals surface area contributed by atoms with E-state index in [0.29, 0.717) is 0 Å². The molecule has 1 atom stereocenters. The average Bonchev–Trinajstić information content (AvgIpc) is 2.55. The maximum Gasteiger partial charge on any atom is 0.0890 e. The van der Waals surface area contributed by atoms with Crippen LogP contribution in [0.5, 0.6) is 0 Å². The lowest BCUT2D eigenvalue weighted by Crippen LogP contribution is -2.23. The normalized spacial score (nSPS) is 12.4. The van der Waals surface area contributed by atoms with Gasteiger partial charge in [0.05, 0.1) is 16.7 Å². The molecule has 0 spiro atoms. The van der Waals surface area contributed by atoms with Crippen molar-refractivity contribution in [2.75, 3.05) is 6.54 Å². The predicted octanol–water partition coefficient (Wildman–Crippen LogP) is 3.52. The largest absolute Gasteiger partial charge is 0.310 e. The number of fused-ring (bicyclic) bond motifs is 1. The predicted molar refractivity (Wildman–Crippen MR) is 86.1 cm³/mol. The molecule has 1 heterocycles. The van der Waals surface area contributed by atoms with Gasteiger partial charge in [-0.25, -0.2) is 4.98 Å². The number of hydrogen-bond acceptors (Lipinski definition) is 3. The molecule has 3 aromatic rings. The van der Waals surface area contributed by atoms with Crippen LogP contribution in [-0.4, -0.2) is 16.5 Å². The molecule has 0 fully saturated rings. The van der Waals surface area contributed by atoms with Crippen LogP contribution in [0, 0.1) is 0 Å². The zero-order valence-electron chi connectivity index (χ0n) is 12.2. The lowest BCUT2D eigenvalue weighted by atomic mass is 10.0. The van der Waals surface area contributed by atoms with E-state index in [9.17, 15) is 0 Å². The average molecular weight is 277 g/mol. The van der Waals surface area contributed by atoms with Gasteiger partial charge in [0.2, 0.25) is 0 Å². The zero-order chi connectivity index (χ0) is 14.5. The van der Waals surface area contributed by atoms with E-state index < -0.39 is 0 Å². The Bertz CT molecular complexity index is 710. The number of benzene rings is 2. The molecule has 0 amide bonds. The quantitative estimate of drug-likeness (QED) is 0.775. The van der Waals surface area contributed by atoms with Crippen LogP contribution in [0.15, 0.2) is 60.8 Å². The summed E-state index contributed by atoms with van der Waals surface area (Å²) >= 11 is 0. The van der Waals surface area contributed by atoms with E-state index in [2.05, 4.69) is 41.5 Å². The molecule has 0 bridgehead atoms. The number of rotatable bonds is 5. The summed E-state index contributed by atoms with van der Waals surface area (Å²) in [5, 5.41) is 3.53. The summed E-state index contributed by atoms with van der Waals surface area (Å²) in [6, 6.07) is 18.8. The second-order valence-corrected chi connectivity index (χ2v) is 5.08. The number of nitrogens with zero attached hydrogens (tertiary/aromatic N) is 2. The summed E-state index contributed by atoms with van der Waals surface area (Å²) < 4.78 is 0. The van der Waals surface area contributed by atoms with Crippen molar-refractivity contribution in [3.63, 3.8) is 0 Å². The maximum absolute atomic E-state index is 4.72. The Kier molecular flexibility index (Phi) is 4.22. The van der Waals surface area contributed by atoms with Gasteiger partial charge in [-0.3, -0.25) is 4.98 Å². The highest BCUT2D eigenvalue weighted by atomic mass is 14.9. The van der Waals surface area contributed by atoms with Gasteiger partial charge in [0.1, 0.15) is 0 Å². The van der Waals surface area contributed by atoms with E-state index in [-0.39, 0.29) is 6.04 Å². The highest BCUT2D eigenvalue weighted by Crippen LogP contribution is 2.18. The van der Waals surface area contributed by atoms with Gasteiger partial charge < -0.3 is 5.32 Å². The number of aromatic nitrogens is 2. The summed E-state index contributed by atoms with van der Waals surface area (Å²) in [5.74, 6) is 0. The molecule has 21 heavy (non-hydrogen) atoms. The van der Waals surface area contributed by atoms with Gasteiger partial charge in [0, 0.05) is 18.7 Å². The van der Waals surface area contributed by atoms with Crippen LogP contribution >= 0.6 is 0 Å². The fourth-order valence-electron chi connectivity index (χ4n) is 2.54. The van der Waals surface area contributed by atoms with Crippen LogP contribution in [0.1, 0.15) is 24.2 Å². The first-order valence-corrected chi connectivity index (χ1v) is 7.36. The Morgan fingerprint density at radius 1 is 0.952 bits per heavy atom. The van der Waals surface area contributed by atoms with Crippen LogP contribution in [0.25, 0.3) is 11.0 Å². The van der Waals surface area contributed by atoms with Gasteiger partial charge in [-0.1, -0.05) is 49.4 Å².